The van der Waals surface area contributed by atoms with E-state index in [1.54, 1.807) is 0 Å². The van der Waals surface area contributed by atoms with E-state index >= 15 is 0 Å². The van der Waals surface area contributed by atoms with Crippen molar-refractivity contribution in [1.29, 1.82) is 0 Å². The van der Waals surface area contributed by atoms with Gasteiger partial charge in [0, 0.05) is 44.0 Å². The monoisotopic (exact) mass is 705 g/mol. The lowest BCUT2D eigenvalue weighted by Gasteiger charge is -2.21. The minimum absolute atomic E-state index is 0.252. The maximum Gasteiger partial charge on any atom is 0.238 e. The molecule has 7 aromatic carbocycles. The highest BCUT2D eigenvalue weighted by molar-refractivity contribution is 6.24. The second-order valence-electron chi connectivity index (χ2n) is 14.9. The highest BCUT2D eigenvalue weighted by Gasteiger charge is 2.41. The predicted octanol–water partition coefficient (Wildman–Crippen LogP) is 12.2. The summed E-state index contributed by atoms with van der Waals surface area (Å²) < 4.78 is 4.73. The fraction of sp³-hybridized carbons (Fsp3) is 0.0600. The molecule has 3 aromatic heterocycles. The second-order valence-corrected chi connectivity index (χ2v) is 14.9. The first-order chi connectivity index (χ1) is 27.1. The van der Waals surface area contributed by atoms with Crippen LogP contribution in [0.1, 0.15) is 25.0 Å². The molecule has 0 radical (unpaired) electrons. The molecule has 0 spiro atoms. The third kappa shape index (κ3) is 4.69. The lowest BCUT2D eigenvalue weighted by atomic mass is 9.81. The van der Waals surface area contributed by atoms with Gasteiger partial charge in [0.05, 0.1) is 22.2 Å². The van der Waals surface area contributed by atoms with Crippen LogP contribution in [0.15, 0.2) is 176 Å². The molecule has 3 heterocycles. The van der Waals surface area contributed by atoms with E-state index in [9.17, 15) is 0 Å². The van der Waals surface area contributed by atoms with Crippen LogP contribution >= 0.6 is 0 Å². The SMILES string of the molecule is CC1(C)c2ccccc2-c2c1c1c3c4cc(-c5ccccc5)ccc4n(-c4nc(-c5ccccc5)nc(-c5ccccc5)n4)c3ccc1n2-c1ccccc1. The predicted molar refractivity (Wildman–Crippen MR) is 225 cm³/mol. The van der Waals surface area contributed by atoms with Gasteiger partial charge in [0.25, 0.3) is 0 Å². The molecule has 0 amide bonds. The van der Waals surface area contributed by atoms with Crippen molar-refractivity contribution in [3.63, 3.8) is 0 Å². The van der Waals surface area contributed by atoms with E-state index < -0.39 is 0 Å². The van der Waals surface area contributed by atoms with E-state index in [2.05, 4.69) is 163 Å². The van der Waals surface area contributed by atoms with Crippen LogP contribution in [0.3, 0.4) is 0 Å². The summed E-state index contributed by atoms with van der Waals surface area (Å²) in [5.41, 5.74) is 13.6. The molecule has 1 aliphatic carbocycles. The molecule has 0 bridgehead atoms. The van der Waals surface area contributed by atoms with E-state index in [0.29, 0.717) is 17.6 Å². The van der Waals surface area contributed by atoms with Gasteiger partial charge in [-0.15, -0.1) is 0 Å². The molecule has 55 heavy (non-hydrogen) atoms. The highest BCUT2D eigenvalue weighted by Crippen LogP contribution is 2.56. The average Bonchev–Trinajstić information content (AvgIpc) is 3.85. The van der Waals surface area contributed by atoms with Crippen molar-refractivity contribution < 1.29 is 0 Å². The van der Waals surface area contributed by atoms with E-state index in [1.165, 1.54) is 44.2 Å². The molecule has 0 aliphatic heterocycles. The van der Waals surface area contributed by atoms with Crippen molar-refractivity contribution in [3.05, 3.63) is 187 Å². The summed E-state index contributed by atoms with van der Waals surface area (Å²) in [5, 5.41) is 3.61. The standard InChI is InChI=1S/C50H35N5/c1-50(2)39-26-16-15-25-37(39)46-45(50)44-42(54(46)36-23-13-6-14-24-36)30-29-41-43(44)38-31-35(32-17-7-3-8-18-32)27-28-40(38)55(41)49-52-47(33-19-9-4-10-20-33)51-48(53-49)34-21-11-5-12-22-34/h3-31H,1-2H3. The first kappa shape index (κ1) is 31.4. The van der Waals surface area contributed by atoms with Crippen molar-refractivity contribution in [2.45, 2.75) is 19.3 Å². The molecule has 0 saturated carbocycles. The van der Waals surface area contributed by atoms with Crippen LogP contribution in [0.25, 0.3) is 89.5 Å². The second kappa shape index (κ2) is 12.0. The number of nitrogens with zero attached hydrogens (tertiary/aromatic N) is 5. The van der Waals surface area contributed by atoms with E-state index in [4.69, 9.17) is 15.0 Å². The van der Waals surface area contributed by atoms with Crippen LogP contribution < -0.4 is 0 Å². The molecule has 260 valence electrons. The smallest absolute Gasteiger partial charge is 0.238 e. The van der Waals surface area contributed by atoms with Gasteiger partial charge in [-0.25, -0.2) is 4.98 Å². The Kier molecular flexibility index (Phi) is 6.83. The molecule has 5 nitrogen and oxygen atoms in total. The Morgan fingerprint density at radius 2 is 0.964 bits per heavy atom. The number of aromatic nitrogens is 5. The van der Waals surface area contributed by atoms with Crippen molar-refractivity contribution in [2.24, 2.45) is 0 Å². The molecule has 0 saturated heterocycles. The molecule has 0 N–H and O–H groups in total. The van der Waals surface area contributed by atoms with Gasteiger partial charge in [-0.1, -0.05) is 153 Å². The maximum atomic E-state index is 5.25. The summed E-state index contributed by atoms with van der Waals surface area (Å²) in [6.07, 6.45) is 0. The highest BCUT2D eigenvalue weighted by atomic mass is 15.2. The lowest BCUT2D eigenvalue weighted by molar-refractivity contribution is 0.666. The van der Waals surface area contributed by atoms with Gasteiger partial charge in [-0.05, 0) is 58.7 Å². The van der Waals surface area contributed by atoms with Gasteiger partial charge in [0.2, 0.25) is 5.95 Å². The summed E-state index contributed by atoms with van der Waals surface area (Å²) >= 11 is 0. The van der Waals surface area contributed by atoms with Gasteiger partial charge in [-0.3, -0.25) is 4.57 Å². The summed E-state index contributed by atoms with van der Waals surface area (Å²) in [5.74, 6) is 1.85. The number of rotatable bonds is 5. The summed E-state index contributed by atoms with van der Waals surface area (Å²) in [4.78, 5) is 15.5. The van der Waals surface area contributed by atoms with Crippen LogP contribution in [0.2, 0.25) is 0 Å². The Morgan fingerprint density at radius 3 is 1.60 bits per heavy atom. The molecule has 10 aromatic rings. The third-order valence-corrected chi connectivity index (χ3v) is 11.3. The van der Waals surface area contributed by atoms with E-state index in [-0.39, 0.29) is 5.41 Å². The van der Waals surface area contributed by atoms with Crippen molar-refractivity contribution in [1.82, 2.24) is 24.1 Å². The topological polar surface area (TPSA) is 48.5 Å². The zero-order valence-electron chi connectivity index (χ0n) is 30.5. The van der Waals surface area contributed by atoms with Crippen molar-refractivity contribution in [2.75, 3.05) is 0 Å². The molecule has 5 heteroatoms. The average molecular weight is 706 g/mol. The summed E-state index contributed by atoms with van der Waals surface area (Å²) in [6, 6.07) is 62.2. The molecule has 11 rings (SSSR count). The Morgan fingerprint density at radius 1 is 0.436 bits per heavy atom. The largest absolute Gasteiger partial charge is 0.309 e. The van der Waals surface area contributed by atoms with Crippen LogP contribution in [0.4, 0.5) is 0 Å². The van der Waals surface area contributed by atoms with Crippen molar-refractivity contribution in [3.8, 4) is 56.8 Å². The van der Waals surface area contributed by atoms with E-state index in [0.717, 1.165) is 38.8 Å². The maximum absolute atomic E-state index is 5.25. The normalized spacial score (nSPS) is 13.1. The lowest BCUT2D eigenvalue weighted by Crippen LogP contribution is -2.14. The van der Waals surface area contributed by atoms with Crippen LogP contribution in [0, 0.1) is 0 Å². The van der Waals surface area contributed by atoms with Crippen LogP contribution in [-0.4, -0.2) is 24.1 Å². The minimum atomic E-state index is -0.252. The fourth-order valence-electron chi connectivity index (χ4n) is 8.89. The van der Waals surface area contributed by atoms with Crippen LogP contribution in [0.5, 0.6) is 0 Å². The quantitative estimate of drug-likeness (QED) is 0.179. The Hall–Kier alpha value is -7.11. The van der Waals surface area contributed by atoms with Crippen LogP contribution in [-0.2, 0) is 5.41 Å². The molecular weight excluding hydrogens is 671 g/mol. The van der Waals surface area contributed by atoms with Gasteiger partial charge in [-0.2, -0.15) is 9.97 Å². The zero-order valence-corrected chi connectivity index (χ0v) is 30.5. The Balaban J connectivity index is 1.31. The molecule has 0 unspecified atom stereocenters. The van der Waals surface area contributed by atoms with Gasteiger partial charge in [0.1, 0.15) is 0 Å². The van der Waals surface area contributed by atoms with E-state index in [1.807, 2.05) is 36.4 Å². The number of hydrogen-bond acceptors (Lipinski definition) is 3. The Labute approximate surface area is 318 Å². The first-order valence-electron chi connectivity index (χ1n) is 18.8. The molecule has 0 fully saturated rings. The summed E-state index contributed by atoms with van der Waals surface area (Å²) in [6.45, 7) is 4.76. The molecule has 0 atom stereocenters. The zero-order chi connectivity index (χ0) is 36.7. The molecule has 1 aliphatic rings. The Bertz CT molecular complexity index is 3030. The minimum Gasteiger partial charge on any atom is -0.309 e. The number of para-hydroxylation sites is 1. The number of fused-ring (bicyclic) bond motifs is 9. The first-order valence-corrected chi connectivity index (χ1v) is 18.8. The molecular formula is C50H35N5. The number of hydrogen-bond donors (Lipinski definition) is 0. The summed E-state index contributed by atoms with van der Waals surface area (Å²) in [7, 11) is 0. The van der Waals surface area contributed by atoms with Gasteiger partial charge < -0.3 is 4.57 Å². The van der Waals surface area contributed by atoms with Crippen molar-refractivity contribution >= 4 is 32.7 Å². The van der Waals surface area contributed by atoms with Gasteiger partial charge >= 0.3 is 0 Å². The third-order valence-electron chi connectivity index (χ3n) is 11.3. The number of benzene rings is 7. The van der Waals surface area contributed by atoms with Gasteiger partial charge in [0.15, 0.2) is 11.6 Å². The fourth-order valence-corrected chi connectivity index (χ4v) is 8.89.